The number of hydrazine groups is 1. The molecule has 0 amide bonds. The molecule has 0 radical (unpaired) electrons. The molecular formula is C25H26N2O6S. The summed E-state index contributed by atoms with van der Waals surface area (Å²) in [5.41, 5.74) is 5.15. The van der Waals surface area contributed by atoms with Gasteiger partial charge in [0.25, 0.3) is 10.0 Å². The van der Waals surface area contributed by atoms with Gasteiger partial charge in [-0.05, 0) is 54.1 Å². The maximum Gasteiger partial charge on any atom is 0.260 e. The molecular weight excluding hydrogens is 456 g/mol. The fraction of sp³-hybridized carbons (Fsp3) is 0.200. The predicted octanol–water partition coefficient (Wildman–Crippen LogP) is 4.01. The highest BCUT2D eigenvalue weighted by Crippen LogP contribution is 2.40. The van der Waals surface area contributed by atoms with E-state index in [1.807, 2.05) is 18.2 Å². The lowest BCUT2D eigenvalue weighted by atomic mass is 10.0. The van der Waals surface area contributed by atoms with Crippen molar-refractivity contribution < 1.29 is 27.4 Å². The summed E-state index contributed by atoms with van der Waals surface area (Å²) >= 11 is 0. The predicted molar refractivity (Wildman–Crippen MR) is 128 cm³/mol. The molecule has 1 aliphatic heterocycles. The monoisotopic (exact) mass is 482 g/mol. The lowest BCUT2D eigenvalue weighted by molar-refractivity contribution is 0.340. The first-order valence-electron chi connectivity index (χ1n) is 10.4. The average Bonchev–Trinajstić information content (AvgIpc) is 3.35. The molecule has 0 saturated carbocycles. The van der Waals surface area contributed by atoms with Crippen LogP contribution in [0.25, 0.3) is 5.70 Å². The number of ether oxygens (including phenoxy) is 4. The molecule has 1 aliphatic rings. The van der Waals surface area contributed by atoms with Crippen molar-refractivity contribution >= 4 is 15.7 Å². The number of hydrogen-bond donors (Lipinski definition) is 1. The van der Waals surface area contributed by atoms with Crippen LogP contribution in [-0.4, -0.2) is 41.3 Å². The number of benzene rings is 3. The number of nitrogens with zero attached hydrogens (tertiary/aromatic N) is 1. The minimum Gasteiger partial charge on any atom is -0.493 e. The van der Waals surface area contributed by atoms with Crippen LogP contribution in [0, 0.1) is 0 Å². The van der Waals surface area contributed by atoms with Crippen molar-refractivity contribution in [1.82, 2.24) is 9.84 Å². The van der Waals surface area contributed by atoms with Gasteiger partial charge in [0.15, 0.2) is 23.0 Å². The minimum absolute atomic E-state index is 0.176. The molecule has 0 fully saturated rings. The van der Waals surface area contributed by atoms with Crippen LogP contribution in [0.5, 0.6) is 23.0 Å². The van der Waals surface area contributed by atoms with E-state index in [2.05, 4.69) is 5.43 Å². The summed E-state index contributed by atoms with van der Waals surface area (Å²) in [7, 11) is 2.31. The first-order valence-corrected chi connectivity index (χ1v) is 11.9. The molecule has 0 spiro atoms. The summed E-state index contributed by atoms with van der Waals surface area (Å²) in [5.74, 6) is 2.17. The van der Waals surface area contributed by atoms with Gasteiger partial charge in [0.1, 0.15) is 0 Å². The molecule has 0 saturated heterocycles. The lowest BCUT2D eigenvalue weighted by Gasteiger charge is -2.25. The van der Waals surface area contributed by atoms with E-state index in [0.29, 0.717) is 34.3 Å². The van der Waals surface area contributed by atoms with Crippen molar-refractivity contribution in [1.29, 1.82) is 0 Å². The molecule has 3 aromatic rings. The maximum absolute atomic E-state index is 13.6. The molecule has 9 heteroatoms. The zero-order chi connectivity index (χ0) is 24.3. The van der Waals surface area contributed by atoms with E-state index in [4.69, 9.17) is 18.9 Å². The van der Waals surface area contributed by atoms with Crippen LogP contribution in [0.1, 0.15) is 17.2 Å². The molecule has 0 aromatic heterocycles. The second-order valence-electron chi connectivity index (χ2n) is 7.44. The Balaban J connectivity index is 1.82. The third-order valence-corrected chi connectivity index (χ3v) is 7.26. The molecule has 0 aliphatic carbocycles. The number of methoxy groups -OCH3 is 4. The van der Waals surface area contributed by atoms with Gasteiger partial charge in [0.2, 0.25) is 0 Å². The Morgan fingerprint density at radius 2 is 1.32 bits per heavy atom. The Hall–Kier alpha value is -3.69. The van der Waals surface area contributed by atoms with E-state index >= 15 is 0 Å². The Kier molecular flexibility index (Phi) is 6.67. The first kappa shape index (κ1) is 23.5. The Bertz CT molecular complexity index is 1310. The number of rotatable bonds is 8. The van der Waals surface area contributed by atoms with E-state index in [1.165, 1.54) is 11.5 Å². The van der Waals surface area contributed by atoms with Gasteiger partial charge in [-0.1, -0.05) is 24.3 Å². The van der Waals surface area contributed by atoms with Gasteiger partial charge in [-0.2, -0.15) is 0 Å². The Labute approximate surface area is 199 Å². The van der Waals surface area contributed by atoms with Crippen LogP contribution >= 0.6 is 0 Å². The van der Waals surface area contributed by atoms with Crippen LogP contribution in [0.2, 0.25) is 0 Å². The summed E-state index contributed by atoms with van der Waals surface area (Å²) in [6.07, 6.45) is 1.85. The van der Waals surface area contributed by atoms with Crippen LogP contribution in [0.4, 0.5) is 0 Å². The molecule has 1 heterocycles. The van der Waals surface area contributed by atoms with Crippen molar-refractivity contribution in [2.45, 2.75) is 10.9 Å². The van der Waals surface area contributed by atoms with Crippen molar-refractivity contribution in [2.24, 2.45) is 0 Å². The first-order chi connectivity index (χ1) is 16.4. The van der Waals surface area contributed by atoms with Gasteiger partial charge in [-0.15, -0.1) is 4.41 Å². The van der Waals surface area contributed by atoms with Crippen molar-refractivity contribution in [3.8, 4) is 23.0 Å². The van der Waals surface area contributed by atoms with Crippen molar-refractivity contribution in [2.75, 3.05) is 28.4 Å². The topological polar surface area (TPSA) is 86.3 Å². The second-order valence-corrected chi connectivity index (χ2v) is 9.25. The van der Waals surface area contributed by atoms with Gasteiger partial charge >= 0.3 is 0 Å². The normalized spacial score (nSPS) is 15.9. The van der Waals surface area contributed by atoms with Gasteiger partial charge in [-0.3, -0.25) is 0 Å². The molecule has 34 heavy (non-hydrogen) atoms. The molecule has 1 N–H and O–H groups in total. The second kappa shape index (κ2) is 9.66. The highest BCUT2D eigenvalue weighted by molar-refractivity contribution is 7.89. The summed E-state index contributed by atoms with van der Waals surface area (Å²) in [6, 6.07) is 18.4. The summed E-state index contributed by atoms with van der Waals surface area (Å²) < 4.78 is 50.0. The van der Waals surface area contributed by atoms with Gasteiger partial charge in [0.05, 0.1) is 45.1 Å². The van der Waals surface area contributed by atoms with Crippen LogP contribution < -0.4 is 24.4 Å². The zero-order valence-corrected chi connectivity index (χ0v) is 20.1. The largest absolute Gasteiger partial charge is 0.493 e. The quantitative estimate of drug-likeness (QED) is 0.519. The average molecular weight is 483 g/mol. The molecule has 178 valence electrons. The number of nitrogens with one attached hydrogen (secondary N) is 1. The van der Waals surface area contributed by atoms with E-state index in [-0.39, 0.29) is 4.90 Å². The highest BCUT2D eigenvalue weighted by Gasteiger charge is 2.37. The summed E-state index contributed by atoms with van der Waals surface area (Å²) in [6.45, 7) is 0. The molecule has 8 nitrogen and oxygen atoms in total. The molecule has 0 bridgehead atoms. The highest BCUT2D eigenvalue weighted by atomic mass is 32.2. The van der Waals surface area contributed by atoms with E-state index < -0.39 is 16.1 Å². The number of hydrogen-bond acceptors (Lipinski definition) is 7. The van der Waals surface area contributed by atoms with Crippen molar-refractivity contribution in [3.05, 3.63) is 83.9 Å². The molecule has 1 unspecified atom stereocenters. The fourth-order valence-electron chi connectivity index (χ4n) is 3.80. The summed E-state index contributed by atoms with van der Waals surface area (Å²) in [5, 5.41) is 0. The van der Waals surface area contributed by atoms with Crippen LogP contribution in [0.3, 0.4) is 0 Å². The SMILES string of the molecule is COc1ccc(C2=CC(c3ccc(OC)c(OC)c3)N(S(=O)(=O)c3ccccc3)N2)cc1OC. The third-order valence-electron chi connectivity index (χ3n) is 5.55. The van der Waals surface area contributed by atoms with Crippen LogP contribution in [0.15, 0.2) is 77.7 Å². The lowest BCUT2D eigenvalue weighted by Crippen LogP contribution is -2.39. The van der Waals surface area contributed by atoms with E-state index in [9.17, 15) is 8.42 Å². The number of sulfonamides is 1. The Morgan fingerprint density at radius 3 is 1.94 bits per heavy atom. The smallest absolute Gasteiger partial charge is 0.260 e. The molecule has 4 rings (SSSR count). The van der Waals surface area contributed by atoms with Crippen LogP contribution in [-0.2, 0) is 10.0 Å². The third kappa shape index (κ3) is 4.27. The van der Waals surface area contributed by atoms with E-state index in [1.54, 1.807) is 75.9 Å². The van der Waals surface area contributed by atoms with Gasteiger partial charge in [0, 0.05) is 5.56 Å². The maximum atomic E-state index is 13.6. The fourth-order valence-corrected chi connectivity index (χ4v) is 5.23. The Morgan fingerprint density at radius 1 is 0.735 bits per heavy atom. The van der Waals surface area contributed by atoms with Gasteiger partial charge < -0.3 is 24.4 Å². The van der Waals surface area contributed by atoms with E-state index in [0.717, 1.165) is 5.56 Å². The molecule has 3 aromatic carbocycles. The standard InChI is InChI=1S/C25H26N2O6S/c1-30-22-12-10-17(14-24(22)32-3)20-16-21(18-11-13-23(31-2)25(15-18)33-4)27(26-20)34(28,29)19-8-6-5-7-9-19/h5-16,21,26H,1-4H3. The minimum atomic E-state index is -3.90. The van der Waals surface area contributed by atoms with Gasteiger partial charge in [-0.25, -0.2) is 8.42 Å². The zero-order valence-electron chi connectivity index (χ0n) is 19.3. The molecule has 1 atom stereocenters. The van der Waals surface area contributed by atoms with Crippen molar-refractivity contribution in [3.63, 3.8) is 0 Å². The summed E-state index contributed by atoms with van der Waals surface area (Å²) in [4.78, 5) is 0.176.